The molecule has 0 aromatic heterocycles. The molecule has 0 saturated heterocycles. The van der Waals surface area contributed by atoms with Gasteiger partial charge in [0.25, 0.3) is 0 Å². The van der Waals surface area contributed by atoms with Gasteiger partial charge in [-0.2, -0.15) is 0 Å². The molecule has 0 bridgehead atoms. The number of hydrogen-bond acceptors (Lipinski definition) is 3. The van der Waals surface area contributed by atoms with Crippen LogP contribution in [0.1, 0.15) is 47.4 Å². The van der Waals surface area contributed by atoms with Crippen molar-refractivity contribution in [3.05, 3.63) is 137 Å². The lowest BCUT2D eigenvalue weighted by atomic mass is 9.69. The molecule has 2 atom stereocenters. The molecule has 36 heavy (non-hydrogen) atoms. The summed E-state index contributed by atoms with van der Waals surface area (Å²) in [6.45, 7) is 7.95. The Morgan fingerprint density at radius 1 is 1.00 bits per heavy atom. The SMILES string of the molecule is C=C(/C=C\C(=C/C)COCCO)[C@@H]1c2ccc(OCc3ccccc3)cc2CC[C@@H]1c1ccccc1. The van der Waals surface area contributed by atoms with Gasteiger partial charge in [-0.3, -0.25) is 0 Å². The zero-order valence-corrected chi connectivity index (χ0v) is 21.1. The molecular formula is C33H36O3. The molecule has 0 unspecified atom stereocenters. The van der Waals surface area contributed by atoms with Gasteiger partial charge in [-0.25, -0.2) is 0 Å². The summed E-state index contributed by atoms with van der Waals surface area (Å²) in [6, 6.07) is 27.6. The second kappa shape index (κ2) is 13.1. The van der Waals surface area contributed by atoms with E-state index in [0.29, 0.717) is 25.7 Å². The molecule has 3 aromatic rings. The first-order valence-corrected chi connectivity index (χ1v) is 12.7. The van der Waals surface area contributed by atoms with Gasteiger partial charge in [0.1, 0.15) is 12.4 Å². The highest BCUT2D eigenvalue weighted by molar-refractivity contribution is 5.48. The number of fused-ring (bicyclic) bond motifs is 1. The first-order chi connectivity index (χ1) is 17.7. The topological polar surface area (TPSA) is 38.7 Å². The molecule has 0 spiro atoms. The van der Waals surface area contributed by atoms with Gasteiger partial charge in [0, 0.05) is 5.92 Å². The van der Waals surface area contributed by atoms with Gasteiger partial charge in [-0.15, -0.1) is 0 Å². The molecule has 3 aromatic carbocycles. The quantitative estimate of drug-likeness (QED) is 0.234. The summed E-state index contributed by atoms with van der Waals surface area (Å²) in [6.07, 6.45) is 8.34. The summed E-state index contributed by atoms with van der Waals surface area (Å²) in [5.41, 5.74) is 7.34. The van der Waals surface area contributed by atoms with Crippen molar-refractivity contribution >= 4 is 0 Å². The van der Waals surface area contributed by atoms with Crippen LogP contribution in [0.2, 0.25) is 0 Å². The largest absolute Gasteiger partial charge is 0.489 e. The van der Waals surface area contributed by atoms with Crippen LogP contribution in [0.5, 0.6) is 5.75 Å². The number of ether oxygens (including phenoxy) is 2. The number of allylic oxidation sites excluding steroid dienone is 3. The van der Waals surface area contributed by atoms with Crippen LogP contribution in [0.25, 0.3) is 0 Å². The highest BCUT2D eigenvalue weighted by atomic mass is 16.5. The molecule has 3 nitrogen and oxygen atoms in total. The van der Waals surface area contributed by atoms with E-state index in [-0.39, 0.29) is 12.5 Å². The predicted octanol–water partition coefficient (Wildman–Crippen LogP) is 7.15. The highest BCUT2D eigenvalue weighted by Gasteiger charge is 2.32. The molecule has 4 rings (SSSR count). The third kappa shape index (κ3) is 6.63. The number of rotatable bonds is 11. The Labute approximate surface area is 215 Å². The van der Waals surface area contributed by atoms with E-state index in [1.54, 1.807) is 0 Å². The molecular weight excluding hydrogens is 444 g/mol. The fourth-order valence-corrected chi connectivity index (χ4v) is 4.94. The molecule has 0 heterocycles. The van der Waals surface area contributed by atoms with Gasteiger partial charge in [-0.05, 0) is 71.2 Å². The van der Waals surface area contributed by atoms with Crippen molar-refractivity contribution < 1.29 is 14.6 Å². The van der Waals surface area contributed by atoms with E-state index in [9.17, 15) is 0 Å². The van der Waals surface area contributed by atoms with Crippen LogP contribution >= 0.6 is 0 Å². The van der Waals surface area contributed by atoms with Gasteiger partial charge >= 0.3 is 0 Å². The first-order valence-electron chi connectivity index (χ1n) is 12.7. The monoisotopic (exact) mass is 480 g/mol. The summed E-state index contributed by atoms with van der Waals surface area (Å²) in [5.74, 6) is 1.46. The summed E-state index contributed by atoms with van der Waals surface area (Å²) in [4.78, 5) is 0. The van der Waals surface area contributed by atoms with Crippen LogP contribution < -0.4 is 4.74 Å². The second-order valence-electron chi connectivity index (χ2n) is 9.22. The van der Waals surface area contributed by atoms with E-state index in [0.717, 1.165) is 29.7 Å². The third-order valence-corrected chi connectivity index (χ3v) is 6.84. The minimum absolute atomic E-state index is 0.0298. The van der Waals surface area contributed by atoms with E-state index in [1.165, 1.54) is 22.3 Å². The van der Waals surface area contributed by atoms with Crippen molar-refractivity contribution in [2.45, 2.75) is 38.2 Å². The van der Waals surface area contributed by atoms with E-state index in [1.807, 2.05) is 31.2 Å². The maximum Gasteiger partial charge on any atom is 0.120 e. The Kier molecular flexibility index (Phi) is 9.32. The van der Waals surface area contributed by atoms with E-state index < -0.39 is 0 Å². The smallest absolute Gasteiger partial charge is 0.120 e. The molecule has 0 fully saturated rings. The van der Waals surface area contributed by atoms with Gasteiger partial charge in [0.05, 0.1) is 19.8 Å². The fourth-order valence-electron chi connectivity index (χ4n) is 4.94. The molecule has 0 radical (unpaired) electrons. The Hall–Kier alpha value is -3.40. The second-order valence-corrected chi connectivity index (χ2v) is 9.22. The van der Waals surface area contributed by atoms with Gasteiger partial charge < -0.3 is 14.6 Å². The zero-order valence-electron chi connectivity index (χ0n) is 21.1. The van der Waals surface area contributed by atoms with E-state index in [4.69, 9.17) is 14.6 Å². The Morgan fingerprint density at radius 2 is 1.75 bits per heavy atom. The van der Waals surface area contributed by atoms with Crippen molar-refractivity contribution in [3.63, 3.8) is 0 Å². The third-order valence-electron chi connectivity index (χ3n) is 6.84. The van der Waals surface area contributed by atoms with E-state index in [2.05, 4.69) is 79.4 Å². The number of aryl methyl sites for hydroxylation is 1. The number of benzene rings is 3. The Morgan fingerprint density at radius 3 is 2.47 bits per heavy atom. The number of hydrogen-bond donors (Lipinski definition) is 1. The normalized spacial score (nSPS) is 17.7. The lowest BCUT2D eigenvalue weighted by molar-refractivity contribution is 0.109. The van der Waals surface area contributed by atoms with Crippen molar-refractivity contribution in [1.29, 1.82) is 0 Å². The summed E-state index contributed by atoms with van der Waals surface area (Å²) in [5, 5.41) is 9.00. The first kappa shape index (κ1) is 25.7. The van der Waals surface area contributed by atoms with Crippen molar-refractivity contribution in [2.24, 2.45) is 0 Å². The molecule has 1 aliphatic carbocycles. The predicted molar refractivity (Wildman–Crippen MR) is 147 cm³/mol. The lowest BCUT2D eigenvalue weighted by Gasteiger charge is -2.35. The Balaban J connectivity index is 1.58. The van der Waals surface area contributed by atoms with Crippen LogP contribution in [0.15, 0.2) is 115 Å². The molecule has 0 saturated carbocycles. The maximum atomic E-state index is 9.00. The average molecular weight is 481 g/mol. The van der Waals surface area contributed by atoms with Gasteiger partial charge in [0.2, 0.25) is 0 Å². The van der Waals surface area contributed by atoms with Crippen LogP contribution in [0.3, 0.4) is 0 Å². The Bertz CT molecular complexity index is 1180. The highest BCUT2D eigenvalue weighted by Crippen LogP contribution is 2.47. The molecule has 0 aliphatic heterocycles. The molecule has 1 N–H and O–H groups in total. The van der Waals surface area contributed by atoms with Crippen molar-refractivity contribution in [3.8, 4) is 5.75 Å². The molecule has 0 amide bonds. The summed E-state index contributed by atoms with van der Waals surface area (Å²) >= 11 is 0. The summed E-state index contributed by atoms with van der Waals surface area (Å²) < 4.78 is 11.6. The fraction of sp³-hybridized carbons (Fsp3) is 0.273. The van der Waals surface area contributed by atoms with Crippen molar-refractivity contribution in [1.82, 2.24) is 0 Å². The van der Waals surface area contributed by atoms with Crippen molar-refractivity contribution in [2.75, 3.05) is 19.8 Å². The number of aliphatic hydroxyl groups excluding tert-OH is 1. The molecule has 186 valence electrons. The maximum absolute atomic E-state index is 9.00. The zero-order chi connectivity index (χ0) is 25.2. The van der Waals surface area contributed by atoms with Crippen LogP contribution in [0.4, 0.5) is 0 Å². The van der Waals surface area contributed by atoms with Gasteiger partial charge in [0.15, 0.2) is 0 Å². The standard InChI is InChI=1S/C33H36O3/c1-3-26(23-35-21-20-34)15-14-25(2)33-31(28-12-8-5-9-13-28)18-16-29-22-30(17-19-32(29)33)36-24-27-10-6-4-7-11-27/h3-15,17,19,22,31,33-34H,2,16,18,20-21,23-24H2,1H3/b15-14-,26-3+/t31-,33+/m1/s1. The van der Waals surface area contributed by atoms with E-state index >= 15 is 0 Å². The molecule has 1 aliphatic rings. The molecule has 3 heteroatoms. The lowest BCUT2D eigenvalue weighted by Crippen LogP contribution is -2.20. The van der Waals surface area contributed by atoms with Gasteiger partial charge in [-0.1, -0.05) is 91.5 Å². The minimum Gasteiger partial charge on any atom is -0.489 e. The van der Waals surface area contributed by atoms with Crippen LogP contribution in [-0.4, -0.2) is 24.9 Å². The average Bonchev–Trinajstić information content (AvgIpc) is 2.94. The van der Waals surface area contributed by atoms with Crippen LogP contribution in [-0.2, 0) is 17.8 Å². The minimum atomic E-state index is 0.0298. The van der Waals surface area contributed by atoms with Crippen LogP contribution in [0, 0.1) is 0 Å². The summed E-state index contributed by atoms with van der Waals surface area (Å²) in [7, 11) is 0. The number of aliphatic hydroxyl groups is 1.